The van der Waals surface area contributed by atoms with Gasteiger partial charge in [0.15, 0.2) is 4.96 Å². The number of benzene rings is 1. The summed E-state index contributed by atoms with van der Waals surface area (Å²) in [6.07, 6.45) is 16.3. The second-order valence-electron chi connectivity index (χ2n) is 8.48. The van der Waals surface area contributed by atoms with Crippen LogP contribution in [0.3, 0.4) is 0 Å². The van der Waals surface area contributed by atoms with E-state index >= 15 is 0 Å². The molecule has 3 aromatic rings. The maximum atomic E-state index is 12.1. The molecule has 3 rings (SSSR count). The van der Waals surface area contributed by atoms with Gasteiger partial charge in [-0.2, -0.15) is 0 Å². The number of hydrogen-bond acceptors (Lipinski definition) is 4. The second kappa shape index (κ2) is 13.0. The van der Waals surface area contributed by atoms with Gasteiger partial charge in [-0.1, -0.05) is 70.1 Å². The number of hydrogen-bond donors (Lipinski definition) is 0. The van der Waals surface area contributed by atoms with E-state index in [4.69, 9.17) is 21.3 Å². The van der Waals surface area contributed by atoms with Crippen molar-refractivity contribution >= 4 is 33.9 Å². The lowest BCUT2D eigenvalue weighted by atomic mass is 10.1. The summed E-state index contributed by atoms with van der Waals surface area (Å²) in [4.78, 5) is 19.1. The van der Waals surface area contributed by atoms with E-state index in [0.717, 1.165) is 41.1 Å². The van der Waals surface area contributed by atoms with E-state index in [2.05, 4.69) is 30.6 Å². The van der Waals surface area contributed by atoms with Gasteiger partial charge in [0, 0.05) is 17.8 Å². The zero-order chi connectivity index (χ0) is 22.8. The lowest BCUT2D eigenvalue weighted by Gasteiger charge is -2.09. The van der Waals surface area contributed by atoms with E-state index in [-0.39, 0.29) is 17.8 Å². The lowest BCUT2D eigenvalue weighted by Crippen LogP contribution is -2.14. The zero-order valence-corrected chi connectivity index (χ0v) is 20.9. The Bertz CT molecular complexity index is 933. The van der Waals surface area contributed by atoms with Gasteiger partial charge in [0.2, 0.25) is 0 Å². The van der Waals surface area contributed by atoms with Crippen LogP contribution >= 0.6 is 22.9 Å². The summed E-state index contributed by atoms with van der Waals surface area (Å²) in [6.45, 7) is 4.37. The van der Waals surface area contributed by atoms with Crippen molar-refractivity contribution in [3.8, 4) is 16.2 Å². The average molecular weight is 475 g/mol. The van der Waals surface area contributed by atoms with E-state index in [9.17, 15) is 4.79 Å². The molecule has 4 nitrogen and oxygen atoms in total. The maximum absolute atomic E-state index is 12.1. The minimum atomic E-state index is -0.277. The first-order valence-corrected chi connectivity index (χ1v) is 13.3. The van der Waals surface area contributed by atoms with Crippen LogP contribution in [0, 0.1) is 0 Å². The van der Waals surface area contributed by atoms with Crippen molar-refractivity contribution in [1.82, 2.24) is 9.38 Å². The monoisotopic (exact) mass is 474 g/mol. The number of thiazole rings is 1. The molecule has 0 saturated carbocycles. The van der Waals surface area contributed by atoms with Crippen LogP contribution in [0.5, 0.6) is 5.75 Å². The predicted molar refractivity (Wildman–Crippen MR) is 135 cm³/mol. The Morgan fingerprint density at radius 3 is 2.47 bits per heavy atom. The van der Waals surface area contributed by atoms with Crippen LogP contribution in [0.2, 0.25) is 0 Å². The van der Waals surface area contributed by atoms with Gasteiger partial charge < -0.3 is 4.74 Å². The number of unbranched alkanes of at least 4 members (excludes halogenated alkanes) is 6. The van der Waals surface area contributed by atoms with E-state index in [1.54, 1.807) is 11.3 Å². The van der Waals surface area contributed by atoms with Crippen molar-refractivity contribution in [1.29, 1.82) is 0 Å². The summed E-state index contributed by atoms with van der Waals surface area (Å²) in [7, 11) is 0. The summed E-state index contributed by atoms with van der Waals surface area (Å²) in [6, 6.07) is 7.66. The first kappa shape index (κ1) is 24.8. The largest absolute Gasteiger partial charge is 0.426 e. The highest BCUT2D eigenvalue weighted by atomic mass is 35.5. The molecule has 0 aliphatic heterocycles. The summed E-state index contributed by atoms with van der Waals surface area (Å²) >= 11 is 7.89. The van der Waals surface area contributed by atoms with Crippen molar-refractivity contribution in [2.75, 3.05) is 0 Å². The number of imidazole rings is 1. The van der Waals surface area contributed by atoms with Crippen LogP contribution in [0.1, 0.15) is 83.7 Å². The second-order valence-corrected chi connectivity index (χ2v) is 10.1. The predicted octanol–water partition coefficient (Wildman–Crippen LogP) is 8.06. The van der Waals surface area contributed by atoms with E-state index < -0.39 is 0 Å². The van der Waals surface area contributed by atoms with Crippen molar-refractivity contribution in [3.05, 3.63) is 42.4 Å². The number of alkyl halides is 1. The Morgan fingerprint density at radius 1 is 1.03 bits per heavy atom. The average Bonchev–Trinajstić information content (AvgIpc) is 3.34. The Kier molecular flexibility index (Phi) is 10.1. The van der Waals surface area contributed by atoms with E-state index in [0.29, 0.717) is 5.75 Å². The number of aromatic nitrogens is 2. The SMILES string of the molecule is CCCCCCCCc1cn2cc(-c3ccc(OC(=O)C[C@H](Cl)CCCC)cc3)sc2n1. The zero-order valence-electron chi connectivity index (χ0n) is 19.3. The van der Waals surface area contributed by atoms with Crippen molar-refractivity contribution in [2.24, 2.45) is 0 Å². The van der Waals surface area contributed by atoms with Crippen molar-refractivity contribution in [3.63, 3.8) is 0 Å². The summed E-state index contributed by atoms with van der Waals surface area (Å²) in [5.74, 6) is 0.280. The molecule has 0 N–H and O–H groups in total. The first-order valence-electron chi connectivity index (χ1n) is 12.0. The number of nitrogens with zero attached hydrogens (tertiary/aromatic N) is 2. The lowest BCUT2D eigenvalue weighted by molar-refractivity contribution is -0.134. The van der Waals surface area contributed by atoms with Crippen molar-refractivity contribution < 1.29 is 9.53 Å². The van der Waals surface area contributed by atoms with E-state index in [1.165, 1.54) is 44.2 Å². The number of ether oxygens (including phenoxy) is 1. The van der Waals surface area contributed by atoms with Crippen LogP contribution in [-0.2, 0) is 11.2 Å². The molecule has 0 spiro atoms. The number of carbonyl (C=O) groups is 1. The number of esters is 1. The molecule has 2 heterocycles. The first-order chi connectivity index (χ1) is 15.6. The fraction of sp³-hybridized carbons (Fsp3) is 0.538. The number of fused-ring (bicyclic) bond motifs is 1. The van der Waals surface area contributed by atoms with Gasteiger partial charge in [-0.15, -0.1) is 11.6 Å². The molecular formula is C26H35ClN2O2S. The molecule has 0 fully saturated rings. The van der Waals surface area contributed by atoms with Gasteiger partial charge in [0.05, 0.1) is 17.0 Å². The Balaban J connectivity index is 1.50. The minimum absolute atomic E-state index is 0.157. The fourth-order valence-corrected chi connectivity index (χ4v) is 5.02. The molecule has 0 aliphatic rings. The summed E-state index contributed by atoms with van der Waals surface area (Å²) < 4.78 is 7.57. The molecule has 0 unspecified atom stereocenters. The van der Waals surface area contributed by atoms with Gasteiger partial charge in [-0.25, -0.2) is 4.98 Å². The van der Waals surface area contributed by atoms with Crippen LogP contribution < -0.4 is 4.74 Å². The molecule has 1 atom stereocenters. The Morgan fingerprint density at radius 2 is 1.75 bits per heavy atom. The van der Waals surface area contributed by atoms with Gasteiger partial charge in [-0.05, 0) is 49.1 Å². The highest BCUT2D eigenvalue weighted by Gasteiger charge is 2.13. The molecule has 0 saturated heterocycles. The number of rotatable bonds is 14. The van der Waals surface area contributed by atoms with Crippen LogP contribution in [0.4, 0.5) is 0 Å². The number of aryl methyl sites for hydroxylation is 1. The van der Waals surface area contributed by atoms with Crippen LogP contribution in [-0.4, -0.2) is 20.7 Å². The minimum Gasteiger partial charge on any atom is -0.426 e. The summed E-state index contributed by atoms with van der Waals surface area (Å²) in [5, 5.41) is -0.157. The third-order valence-electron chi connectivity index (χ3n) is 5.62. The molecule has 2 aromatic heterocycles. The highest BCUT2D eigenvalue weighted by molar-refractivity contribution is 7.20. The third-order valence-corrected chi connectivity index (χ3v) is 7.04. The Labute approximate surface area is 201 Å². The molecule has 0 aliphatic carbocycles. The fourth-order valence-electron chi connectivity index (χ4n) is 3.75. The maximum Gasteiger partial charge on any atom is 0.312 e. The molecular weight excluding hydrogens is 440 g/mol. The molecule has 174 valence electrons. The molecule has 1 aromatic carbocycles. The normalized spacial score (nSPS) is 12.3. The molecule has 0 amide bonds. The van der Waals surface area contributed by atoms with Crippen LogP contribution in [0.15, 0.2) is 36.7 Å². The van der Waals surface area contributed by atoms with Gasteiger partial charge in [0.25, 0.3) is 0 Å². The quantitative estimate of drug-likeness (QED) is 0.103. The topological polar surface area (TPSA) is 43.6 Å². The number of carbonyl (C=O) groups excluding carboxylic acids is 1. The summed E-state index contributed by atoms with van der Waals surface area (Å²) in [5.41, 5.74) is 2.27. The third kappa shape index (κ3) is 7.63. The highest BCUT2D eigenvalue weighted by Crippen LogP contribution is 2.30. The Hall–Kier alpha value is -1.85. The standard InChI is InChI=1S/C26H35ClN2O2S/c1-3-5-7-8-9-10-12-22-18-29-19-24(32-26(29)28-22)20-13-15-23(16-14-20)31-25(30)17-21(27)11-6-4-2/h13-16,18-19,21H,3-12,17H2,1-2H3/t21-/m1/s1. The van der Waals surface area contributed by atoms with E-state index in [1.807, 2.05) is 24.3 Å². The van der Waals surface area contributed by atoms with Crippen molar-refractivity contribution in [2.45, 2.75) is 89.9 Å². The van der Waals surface area contributed by atoms with Crippen LogP contribution in [0.25, 0.3) is 15.4 Å². The smallest absolute Gasteiger partial charge is 0.312 e. The molecule has 0 radical (unpaired) electrons. The van der Waals surface area contributed by atoms with Gasteiger partial charge >= 0.3 is 5.97 Å². The molecule has 32 heavy (non-hydrogen) atoms. The number of halogens is 1. The van der Waals surface area contributed by atoms with Gasteiger partial charge in [0.1, 0.15) is 5.75 Å². The van der Waals surface area contributed by atoms with Gasteiger partial charge in [-0.3, -0.25) is 9.20 Å². The molecule has 0 bridgehead atoms. The molecule has 6 heteroatoms.